The van der Waals surface area contributed by atoms with Gasteiger partial charge in [-0.25, -0.2) is 4.79 Å². The van der Waals surface area contributed by atoms with Gasteiger partial charge in [-0.3, -0.25) is 0 Å². The maximum atomic E-state index is 11.2. The van der Waals surface area contributed by atoms with Gasteiger partial charge in [0.1, 0.15) is 0 Å². The molecular formula is C15H24O2. The van der Waals surface area contributed by atoms with Crippen LogP contribution in [0, 0.1) is 18.8 Å². The smallest absolute Gasteiger partial charge is 0.338 e. The Labute approximate surface area is 104 Å². The van der Waals surface area contributed by atoms with Crippen molar-refractivity contribution in [2.45, 2.75) is 53.4 Å². The van der Waals surface area contributed by atoms with Gasteiger partial charge in [0, 0.05) is 5.56 Å². The van der Waals surface area contributed by atoms with Gasteiger partial charge in [0.05, 0.1) is 6.26 Å². The molecule has 2 heteroatoms. The van der Waals surface area contributed by atoms with Gasteiger partial charge < -0.3 is 4.42 Å². The Morgan fingerprint density at radius 3 is 2.59 bits per heavy atom. The molecule has 0 N–H and O–H groups in total. The van der Waals surface area contributed by atoms with E-state index < -0.39 is 0 Å². The zero-order chi connectivity index (χ0) is 12.8. The minimum absolute atomic E-state index is 0.222. The van der Waals surface area contributed by atoms with Gasteiger partial charge in [0.25, 0.3) is 0 Å². The summed E-state index contributed by atoms with van der Waals surface area (Å²) in [7, 11) is 0. The summed E-state index contributed by atoms with van der Waals surface area (Å²) in [6.07, 6.45) is 6.40. The fraction of sp³-hybridized carbons (Fsp3) is 0.667. The van der Waals surface area contributed by atoms with Gasteiger partial charge in [-0.2, -0.15) is 0 Å². The monoisotopic (exact) mass is 236 g/mol. The summed E-state index contributed by atoms with van der Waals surface area (Å²) in [6, 6.07) is 1.95. The predicted molar refractivity (Wildman–Crippen MR) is 71.3 cm³/mol. The van der Waals surface area contributed by atoms with Crippen molar-refractivity contribution in [2.75, 3.05) is 0 Å². The first-order valence-electron chi connectivity index (χ1n) is 6.61. The average molecular weight is 236 g/mol. The van der Waals surface area contributed by atoms with Crippen LogP contribution >= 0.6 is 0 Å². The molecule has 2 atom stereocenters. The third-order valence-electron chi connectivity index (χ3n) is 3.21. The Balaban J connectivity index is 2.52. The largest absolute Gasteiger partial charge is 0.431 e. The molecule has 0 fully saturated rings. The van der Waals surface area contributed by atoms with Crippen molar-refractivity contribution in [3.8, 4) is 0 Å². The van der Waals surface area contributed by atoms with Crippen molar-refractivity contribution in [2.24, 2.45) is 11.8 Å². The van der Waals surface area contributed by atoms with Crippen molar-refractivity contribution in [3.63, 3.8) is 0 Å². The van der Waals surface area contributed by atoms with Crippen molar-refractivity contribution in [1.29, 1.82) is 0 Å². The van der Waals surface area contributed by atoms with Crippen LogP contribution in [-0.4, -0.2) is 0 Å². The number of rotatable bonds is 6. The summed E-state index contributed by atoms with van der Waals surface area (Å²) in [6.45, 7) is 8.62. The molecule has 0 aliphatic carbocycles. The van der Waals surface area contributed by atoms with E-state index in [0.29, 0.717) is 11.5 Å². The number of hydrogen-bond acceptors (Lipinski definition) is 2. The Hall–Kier alpha value is -1.05. The van der Waals surface area contributed by atoms with Gasteiger partial charge >= 0.3 is 5.63 Å². The lowest BCUT2D eigenvalue weighted by Gasteiger charge is -2.16. The topological polar surface area (TPSA) is 30.2 Å². The van der Waals surface area contributed by atoms with Crippen LogP contribution in [0.3, 0.4) is 0 Å². The summed E-state index contributed by atoms with van der Waals surface area (Å²) < 4.78 is 4.99. The molecule has 1 aromatic heterocycles. The molecule has 0 amide bonds. The second-order valence-corrected chi connectivity index (χ2v) is 5.36. The maximum Gasteiger partial charge on any atom is 0.338 e. The quantitative estimate of drug-likeness (QED) is 0.748. The maximum absolute atomic E-state index is 11.2. The Morgan fingerprint density at radius 1 is 1.29 bits per heavy atom. The van der Waals surface area contributed by atoms with E-state index in [-0.39, 0.29) is 5.63 Å². The summed E-state index contributed by atoms with van der Waals surface area (Å²) in [5.74, 6) is 1.43. The molecule has 1 rings (SSSR count). The van der Waals surface area contributed by atoms with Crippen LogP contribution in [-0.2, 0) is 6.42 Å². The molecule has 0 saturated carbocycles. The van der Waals surface area contributed by atoms with E-state index in [0.717, 1.165) is 17.9 Å². The fourth-order valence-electron chi connectivity index (χ4n) is 2.48. The lowest BCUT2D eigenvalue weighted by atomic mass is 9.90. The Morgan fingerprint density at radius 2 is 2.00 bits per heavy atom. The molecule has 0 radical (unpaired) electrons. The van der Waals surface area contributed by atoms with E-state index in [1.165, 1.54) is 19.3 Å². The molecule has 0 aromatic carbocycles. The molecule has 0 bridgehead atoms. The van der Waals surface area contributed by atoms with E-state index in [1.54, 1.807) is 13.2 Å². The minimum Gasteiger partial charge on any atom is -0.431 e. The lowest BCUT2D eigenvalue weighted by Crippen LogP contribution is -2.08. The lowest BCUT2D eigenvalue weighted by molar-refractivity contribution is 0.386. The van der Waals surface area contributed by atoms with Crippen molar-refractivity contribution in [3.05, 3.63) is 33.9 Å². The van der Waals surface area contributed by atoms with Gasteiger partial charge in [0.15, 0.2) is 0 Å². The molecule has 0 saturated heterocycles. The fourth-order valence-corrected chi connectivity index (χ4v) is 2.48. The third kappa shape index (κ3) is 4.76. The first kappa shape index (κ1) is 14.0. The van der Waals surface area contributed by atoms with Crippen LogP contribution < -0.4 is 5.63 Å². The summed E-state index contributed by atoms with van der Waals surface area (Å²) in [5.41, 5.74) is 1.62. The Kier molecular flexibility index (Phi) is 5.46. The standard InChI is InChI=1S/C15H24O2/c1-5-6-11(2)7-12(3)8-14-9-13(4)15(16)17-10-14/h9-12H,5-8H2,1-4H3/t11-,12+/m0/s1. The van der Waals surface area contributed by atoms with Crippen LogP contribution in [0.25, 0.3) is 0 Å². The van der Waals surface area contributed by atoms with Gasteiger partial charge in [-0.05, 0) is 43.2 Å². The van der Waals surface area contributed by atoms with Gasteiger partial charge in [-0.15, -0.1) is 0 Å². The molecule has 1 aromatic rings. The molecule has 0 unspecified atom stereocenters. The van der Waals surface area contributed by atoms with Gasteiger partial charge in [0.2, 0.25) is 0 Å². The van der Waals surface area contributed by atoms with E-state index in [9.17, 15) is 4.79 Å². The van der Waals surface area contributed by atoms with Crippen LogP contribution in [0.15, 0.2) is 21.5 Å². The van der Waals surface area contributed by atoms with Crippen LogP contribution in [0.2, 0.25) is 0 Å². The summed E-state index contributed by atoms with van der Waals surface area (Å²) in [4.78, 5) is 11.2. The molecule has 1 heterocycles. The van der Waals surface area contributed by atoms with Crippen molar-refractivity contribution >= 4 is 0 Å². The van der Waals surface area contributed by atoms with E-state index in [1.807, 2.05) is 6.07 Å². The van der Waals surface area contributed by atoms with Crippen LogP contribution in [0.1, 0.15) is 51.2 Å². The van der Waals surface area contributed by atoms with E-state index in [2.05, 4.69) is 20.8 Å². The van der Waals surface area contributed by atoms with Crippen molar-refractivity contribution in [1.82, 2.24) is 0 Å². The molecule has 17 heavy (non-hydrogen) atoms. The molecule has 0 aliphatic rings. The van der Waals surface area contributed by atoms with Crippen LogP contribution in [0.4, 0.5) is 0 Å². The second-order valence-electron chi connectivity index (χ2n) is 5.36. The van der Waals surface area contributed by atoms with Crippen LogP contribution in [0.5, 0.6) is 0 Å². The highest BCUT2D eigenvalue weighted by atomic mass is 16.4. The average Bonchev–Trinajstić information content (AvgIpc) is 2.23. The van der Waals surface area contributed by atoms with E-state index in [4.69, 9.17) is 4.42 Å². The summed E-state index contributed by atoms with van der Waals surface area (Å²) >= 11 is 0. The molecule has 0 aliphatic heterocycles. The minimum atomic E-state index is -0.222. The normalized spacial score (nSPS) is 14.6. The second kappa shape index (κ2) is 6.63. The first-order chi connectivity index (χ1) is 8.02. The van der Waals surface area contributed by atoms with Gasteiger partial charge in [-0.1, -0.05) is 33.6 Å². The molecule has 0 spiro atoms. The highest BCUT2D eigenvalue weighted by Gasteiger charge is 2.10. The SMILES string of the molecule is CCC[C@H](C)C[C@@H](C)Cc1coc(=O)c(C)c1. The zero-order valence-electron chi connectivity index (χ0n) is 11.5. The number of aryl methyl sites for hydroxylation is 1. The number of hydrogen-bond donors (Lipinski definition) is 0. The van der Waals surface area contributed by atoms with Crippen molar-refractivity contribution < 1.29 is 4.42 Å². The predicted octanol–water partition coefficient (Wildman–Crippen LogP) is 3.95. The third-order valence-corrected chi connectivity index (χ3v) is 3.21. The van der Waals surface area contributed by atoms with E-state index >= 15 is 0 Å². The highest BCUT2D eigenvalue weighted by molar-refractivity contribution is 5.15. The zero-order valence-corrected chi connectivity index (χ0v) is 11.5. The molecular weight excluding hydrogens is 212 g/mol. The first-order valence-corrected chi connectivity index (χ1v) is 6.61. The molecule has 96 valence electrons. The molecule has 2 nitrogen and oxygen atoms in total. The Bertz CT molecular complexity index is 392. The highest BCUT2D eigenvalue weighted by Crippen LogP contribution is 2.20. The summed E-state index contributed by atoms with van der Waals surface area (Å²) in [5, 5.41) is 0.